The second-order valence-corrected chi connectivity index (χ2v) is 5.44. The molecular weight excluding hydrogens is 252 g/mol. The third-order valence-corrected chi connectivity index (χ3v) is 3.87. The van der Waals surface area contributed by atoms with E-state index >= 15 is 0 Å². The average Bonchev–Trinajstić information content (AvgIpc) is 2.31. The molecule has 0 aromatic heterocycles. The number of carbonyl (C=O) groups excluding carboxylic acids is 1. The van der Waals surface area contributed by atoms with E-state index in [9.17, 15) is 4.79 Å². The summed E-state index contributed by atoms with van der Waals surface area (Å²) in [5.41, 5.74) is 8.17. The van der Waals surface area contributed by atoms with E-state index in [1.807, 2.05) is 32.0 Å². The van der Waals surface area contributed by atoms with E-state index in [1.165, 1.54) is 24.2 Å². The van der Waals surface area contributed by atoms with Crippen molar-refractivity contribution in [3.05, 3.63) is 29.3 Å². The molecule has 4 N–H and O–H groups in total. The third-order valence-electron chi connectivity index (χ3n) is 3.87. The second-order valence-electron chi connectivity index (χ2n) is 5.44. The molecule has 1 aromatic rings. The Hall–Kier alpha value is -2.04. The number of nitrogens with one attached hydrogen (secondary N) is 2. The van der Waals surface area contributed by atoms with Crippen molar-refractivity contribution in [3.63, 3.8) is 0 Å². The van der Waals surface area contributed by atoms with Gasteiger partial charge in [-0.3, -0.25) is 5.41 Å². The minimum atomic E-state index is -0.318. The number of nitrogens with zero attached hydrogens (tertiary/aromatic N) is 1. The molecule has 0 radical (unpaired) electrons. The van der Waals surface area contributed by atoms with E-state index < -0.39 is 0 Å². The molecule has 2 rings (SSSR count). The first kappa shape index (κ1) is 14.4. The smallest absolute Gasteiger partial charge is 0.328 e. The normalized spacial score (nSPS) is 14.5. The molecule has 0 saturated heterocycles. The average molecular weight is 274 g/mol. The van der Waals surface area contributed by atoms with Crippen molar-refractivity contribution in [1.29, 1.82) is 5.41 Å². The molecule has 0 heterocycles. The van der Waals surface area contributed by atoms with E-state index in [0.29, 0.717) is 18.2 Å². The topological polar surface area (TPSA) is 82.2 Å². The lowest BCUT2D eigenvalue weighted by Gasteiger charge is -2.28. The maximum Gasteiger partial charge on any atom is 0.328 e. The van der Waals surface area contributed by atoms with Crippen LogP contribution in [0.15, 0.2) is 18.2 Å². The number of benzene rings is 1. The van der Waals surface area contributed by atoms with E-state index in [-0.39, 0.29) is 12.0 Å². The number of rotatable bonds is 3. The van der Waals surface area contributed by atoms with Crippen LogP contribution in [0.2, 0.25) is 0 Å². The number of hydrogen-bond donors (Lipinski definition) is 3. The summed E-state index contributed by atoms with van der Waals surface area (Å²) in [6.45, 7) is 4.49. The molecule has 1 saturated carbocycles. The molecular formula is C15H22N4O. The quantitative estimate of drug-likeness (QED) is 0.584. The summed E-state index contributed by atoms with van der Waals surface area (Å²) < 4.78 is 0. The lowest BCUT2D eigenvalue weighted by Crippen LogP contribution is -2.49. The van der Waals surface area contributed by atoms with Gasteiger partial charge < -0.3 is 11.1 Å². The highest BCUT2D eigenvalue weighted by Gasteiger charge is 2.24. The van der Waals surface area contributed by atoms with Crippen molar-refractivity contribution in [1.82, 2.24) is 5.32 Å². The van der Waals surface area contributed by atoms with Gasteiger partial charge in [-0.25, -0.2) is 9.69 Å². The number of nitrogens with two attached hydrogens (primary N) is 1. The summed E-state index contributed by atoms with van der Waals surface area (Å²) in [6, 6.07) is 5.44. The largest absolute Gasteiger partial charge is 0.369 e. The van der Waals surface area contributed by atoms with Gasteiger partial charge in [0.2, 0.25) is 5.96 Å². The van der Waals surface area contributed by atoms with Crippen molar-refractivity contribution in [2.45, 2.75) is 33.1 Å². The predicted molar refractivity (Wildman–Crippen MR) is 81.0 cm³/mol. The van der Waals surface area contributed by atoms with E-state index in [1.54, 1.807) is 0 Å². The highest BCUT2D eigenvalue weighted by molar-refractivity contribution is 6.14. The van der Waals surface area contributed by atoms with Crippen LogP contribution in [-0.4, -0.2) is 18.5 Å². The minimum absolute atomic E-state index is 0.256. The molecule has 0 atom stereocenters. The Bertz CT molecular complexity index is 502. The number of hydrogen-bond acceptors (Lipinski definition) is 2. The van der Waals surface area contributed by atoms with Crippen LogP contribution in [0.5, 0.6) is 0 Å². The number of anilines is 1. The zero-order valence-electron chi connectivity index (χ0n) is 12.1. The molecule has 0 spiro atoms. The molecule has 5 heteroatoms. The summed E-state index contributed by atoms with van der Waals surface area (Å²) in [5.74, 6) is 0.319. The van der Waals surface area contributed by atoms with Crippen molar-refractivity contribution in [2.24, 2.45) is 11.7 Å². The molecule has 0 aliphatic heterocycles. The first-order valence-electron chi connectivity index (χ1n) is 6.99. The zero-order chi connectivity index (χ0) is 14.7. The van der Waals surface area contributed by atoms with Gasteiger partial charge in [0.1, 0.15) is 0 Å². The van der Waals surface area contributed by atoms with Crippen molar-refractivity contribution >= 4 is 17.7 Å². The maximum atomic E-state index is 12.3. The van der Waals surface area contributed by atoms with Gasteiger partial charge >= 0.3 is 6.03 Å². The van der Waals surface area contributed by atoms with Crippen molar-refractivity contribution in [3.8, 4) is 0 Å². The molecule has 1 fully saturated rings. The molecule has 1 aliphatic rings. The standard InChI is InChI=1S/C15H22N4O/c1-10-5-3-6-11(2)13(10)19(14(16)17)15(20)18-9-12-7-4-8-12/h3,5-6,12H,4,7-9H2,1-2H3,(H3,16,17)(H,18,20). The Balaban J connectivity index is 2.17. The van der Waals surface area contributed by atoms with Crippen molar-refractivity contribution < 1.29 is 4.79 Å². The van der Waals surface area contributed by atoms with E-state index in [0.717, 1.165) is 11.1 Å². The summed E-state index contributed by atoms with van der Waals surface area (Å²) in [4.78, 5) is 13.6. The summed E-state index contributed by atoms with van der Waals surface area (Å²) in [5, 5.41) is 10.6. The Morgan fingerprint density at radius 2 is 2.00 bits per heavy atom. The predicted octanol–water partition coefficient (Wildman–Crippen LogP) is 2.51. The molecule has 1 aliphatic carbocycles. The van der Waals surface area contributed by atoms with Gasteiger partial charge in [-0.15, -0.1) is 0 Å². The zero-order valence-corrected chi connectivity index (χ0v) is 12.1. The number of para-hydroxylation sites is 1. The lowest BCUT2D eigenvalue weighted by molar-refractivity contribution is 0.240. The Labute approximate surface area is 119 Å². The fourth-order valence-electron chi connectivity index (χ4n) is 2.50. The number of aryl methyl sites for hydroxylation is 2. The van der Waals surface area contributed by atoms with Crippen LogP contribution in [0.3, 0.4) is 0 Å². The highest BCUT2D eigenvalue weighted by atomic mass is 16.2. The molecule has 20 heavy (non-hydrogen) atoms. The maximum absolute atomic E-state index is 12.3. The highest BCUT2D eigenvalue weighted by Crippen LogP contribution is 2.26. The van der Waals surface area contributed by atoms with Gasteiger partial charge in [0, 0.05) is 6.54 Å². The Morgan fingerprint density at radius 3 is 2.45 bits per heavy atom. The minimum Gasteiger partial charge on any atom is -0.369 e. The van der Waals surface area contributed by atoms with Gasteiger partial charge in [0.15, 0.2) is 0 Å². The number of urea groups is 1. The van der Waals surface area contributed by atoms with Crippen LogP contribution >= 0.6 is 0 Å². The number of guanidine groups is 1. The van der Waals surface area contributed by atoms with Crippen LogP contribution in [0.4, 0.5) is 10.5 Å². The fourth-order valence-corrected chi connectivity index (χ4v) is 2.50. The molecule has 5 nitrogen and oxygen atoms in total. The van der Waals surface area contributed by atoms with Crippen LogP contribution in [0, 0.1) is 25.2 Å². The van der Waals surface area contributed by atoms with Crippen LogP contribution in [0.25, 0.3) is 0 Å². The molecule has 0 bridgehead atoms. The molecule has 0 unspecified atom stereocenters. The van der Waals surface area contributed by atoms with Gasteiger partial charge in [-0.1, -0.05) is 24.6 Å². The molecule has 108 valence electrons. The lowest BCUT2D eigenvalue weighted by atomic mass is 9.85. The van der Waals surface area contributed by atoms with Gasteiger partial charge in [0.05, 0.1) is 5.69 Å². The van der Waals surface area contributed by atoms with Crippen LogP contribution < -0.4 is 16.0 Å². The monoisotopic (exact) mass is 274 g/mol. The number of carbonyl (C=O) groups is 1. The van der Waals surface area contributed by atoms with Crippen LogP contribution in [-0.2, 0) is 0 Å². The van der Waals surface area contributed by atoms with Gasteiger partial charge in [-0.05, 0) is 43.7 Å². The van der Waals surface area contributed by atoms with Gasteiger partial charge in [-0.2, -0.15) is 0 Å². The third kappa shape index (κ3) is 2.92. The Kier molecular flexibility index (Phi) is 4.27. The molecule has 1 aromatic carbocycles. The van der Waals surface area contributed by atoms with E-state index in [4.69, 9.17) is 11.1 Å². The fraction of sp³-hybridized carbons (Fsp3) is 0.467. The Morgan fingerprint density at radius 1 is 1.40 bits per heavy atom. The summed E-state index contributed by atoms with van der Waals surface area (Å²) >= 11 is 0. The number of amides is 2. The first-order chi connectivity index (χ1) is 9.50. The van der Waals surface area contributed by atoms with Crippen molar-refractivity contribution in [2.75, 3.05) is 11.4 Å². The van der Waals surface area contributed by atoms with Gasteiger partial charge in [0.25, 0.3) is 0 Å². The summed E-state index contributed by atoms with van der Waals surface area (Å²) in [6.07, 6.45) is 3.58. The van der Waals surface area contributed by atoms with E-state index in [2.05, 4.69) is 5.32 Å². The summed E-state index contributed by atoms with van der Waals surface area (Å²) in [7, 11) is 0. The van der Waals surface area contributed by atoms with Crippen LogP contribution in [0.1, 0.15) is 30.4 Å². The SMILES string of the molecule is Cc1cccc(C)c1N(C(=N)N)C(=O)NCC1CCC1. The molecule has 2 amide bonds. The first-order valence-corrected chi connectivity index (χ1v) is 6.99. The second kappa shape index (κ2) is 5.94.